The minimum Gasteiger partial charge on any atom is -0.490 e. The first kappa shape index (κ1) is 18.4. The minimum absolute atomic E-state index is 0.197. The van der Waals surface area contributed by atoms with Crippen LogP contribution in [-0.4, -0.2) is 32.0 Å². The lowest BCUT2D eigenvalue weighted by molar-refractivity contribution is -0.123. The van der Waals surface area contributed by atoms with Crippen LogP contribution in [0, 0.1) is 5.82 Å². The molecule has 0 aliphatic rings. The number of hydrogen-bond acceptors (Lipinski definition) is 4. The Morgan fingerprint density at radius 2 is 1.96 bits per heavy atom. The van der Waals surface area contributed by atoms with Gasteiger partial charge in [0.2, 0.25) is 0 Å². The Bertz CT molecular complexity index is 733. The molecular formula is C19H20FNO4. The largest absolute Gasteiger partial charge is 0.490 e. The molecule has 132 valence electrons. The van der Waals surface area contributed by atoms with Crippen molar-refractivity contribution < 1.29 is 23.5 Å². The van der Waals surface area contributed by atoms with Crippen molar-refractivity contribution in [2.45, 2.75) is 13.3 Å². The van der Waals surface area contributed by atoms with Gasteiger partial charge in [-0.2, -0.15) is 0 Å². The highest BCUT2D eigenvalue weighted by atomic mass is 19.1. The Morgan fingerprint density at radius 1 is 1.16 bits per heavy atom. The van der Waals surface area contributed by atoms with Crippen molar-refractivity contribution in [3.63, 3.8) is 0 Å². The van der Waals surface area contributed by atoms with E-state index in [0.29, 0.717) is 48.5 Å². The fourth-order valence-electron chi connectivity index (χ4n) is 2.22. The Labute approximate surface area is 145 Å². The molecule has 5 nitrogen and oxygen atoms in total. The first-order valence-corrected chi connectivity index (χ1v) is 7.99. The van der Waals surface area contributed by atoms with Crippen molar-refractivity contribution in [1.82, 2.24) is 5.32 Å². The number of benzene rings is 2. The summed E-state index contributed by atoms with van der Waals surface area (Å²) in [6.07, 6.45) is 1.11. The van der Waals surface area contributed by atoms with E-state index in [9.17, 15) is 14.0 Å². The van der Waals surface area contributed by atoms with Crippen molar-refractivity contribution in [2.75, 3.05) is 19.8 Å². The molecule has 0 aliphatic carbocycles. The number of ether oxygens (including phenoxy) is 2. The van der Waals surface area contributed by atoms with E-state index < -0.39 is 0 Å². The molecule has 0 unspecified atom stereocenters. The highest BCUT2D eigenvalue weighted by Gasteiger charge is 2.09. The van der Waals surface area contributed by atoms with Gasteiger partial charge in [-0.05, 0) is 43.2 Å². The summed E-state index contributed by atoms with van der Waals surface area (Å²) in [5.74, 6) is 0.186. The van der Waals surface area contributed by atoms with Crippen molar-refractivity contribution in [1.29, 1.82) is 0 Å². The topological polar surface area (TPSA) is 64.6 Å². The Kier molecular flexibility index (Phi) is 6.95. The number of rotatable bonds is 9. The molecule has 0 heterocycles. The number of hydrogen-bond donors (Lipinski definition) is 1. The first-order valence-electron chi connectivity index (χ1n) is 7.99. The van der Waals surface area contributed by atoms with Crippen LogP contribution in [0.2, 0.25) is 0 Å². The lowest BCUT2D eigenvalue weighted by Crippen LogP contribution is -2.30. The van der Waals surface area contributed by atoms with Crippen LogP contribution in [0.5, 0.6) is 11.5 Å². The molecule has 0 radical (unpaired) electrons. The van der Waals surface area contributed by atoms with E-state index in [2.05, 4.69) is 5.32 Å². The molecule has 0 fully saturated rings. The highest BCUT2D eigenvalue weighted by molar-refractivity contribution is 5.78. The second-order valence-electron chi connectivity index (χ2n) is 5.24. The van der Waals surface area contributed by atoms with E-state index in [1.54, 1.807) is 36.4 Å². The maximum absolute atomic E-state index is 13.5. The molecule has 0 aliphatic heterocycles. The molecule has 0 atom stereocenters. The van der Waals surface area contributed by atoms with Gasteiger partial charge in [0, 0.05) is 12.1 Å². The van der Waals surface area contributed by atoms with E-state index in [1.165, 1.54) is 6.07 Å². The number of halogens is 1. The fraction of sp³-hybridized carbons (Fsp3) is 0.263. The average Bonchev–Trinajstić information content (AvgIpc) is 2.62. The van der Waals surface area contributed by atoms with E-state index in [0.717, 1.165) is 0 Å². The third-order valence-electron chi connectivity index (χ3n) is 3.44. The number of nitrogens with one attached hydrogen (secondary N) is 1. The molecular weight excluding hydrogens is 325 g/mol. The SMILES string of the molecule is CCOc1cc(C=O)ccc1OCC(=O)NCCc1ccccc1F. The van der Waals surface area contributed by atoms with Gasteiger partial charge in [0.1, 0.15) is 12.1 Å². The van der Waals surface area contributed by atoms with Gasteiger partial charge in [-0.3, -0.25) is 9.59 Å². The maximum atomic E-state index is 13.5. The smallest absolute Gasteiger partial charge is 0.257 e. The molecule has 0 spiro atoms. The second kappa shape index (κ2) is 9.42. The summed E-state index contributed by atoms with van der Waals surface area (Å²) in [6.45, 7) is 2.34. The third kappa shape index (κ3) is 5.60. The maximum Gasteiger partial charge on any atom is 0.257 e. The highest BCUT2D eigenvalue weighted by Crippen LogP contribution is 2.27. The van der Waals surface area contributed by atoms with E-state index in [-0.39, 0.29) is 18.3 Å². The van der Waals surface area contributed by atoms with Crippen LogP contribution in [0.15, 0.2) is 42.5 Å². The summed E-state index contributed by atoms with van der Waals surface area (Å²) in [7, 11) is 0. The van der Waals surface area contributed by atoms with Crippen molar-refractivity contribution >= 4 is 12.2 Å². The lowest BCUT2D eigenvalue weighted by Gasteiger charge is -2.12. The van der Waals surface area contributed by atoms with Crippen LogP contribution in [0.3, 0.4) is 0 Å². The van der Waals surface area contributed by atoms with Gasteiger partial charge in [-0.1, -0.05) is 18.2 Å². The number of amides is 1. The van der Waals surface area contributed by atoms with E-state index in [1.807, 2.05) is 6.92 Å². The van der Waals surface area contributed by atoms with Crippen molar-refractivity contribution in [3.8, 4) is 11.5 Å². The molecule has 0 saturated heterocycles. The van der Waals surface area contributed by atoms with Gasteiger partial charge in [-0.15, -0.1) is 0 Å². The molecule has 0 bridgehead atoms. The van der Waals surface area contributed by atoms with Crippen LogP contribution >= 0.6 is 0 Å². The van der Waals surface area contributed by atoms with Crippen LogP contribution in [0.4, 0.5) is 4.39 Å². The second-order valence-corrected chi connectivity index (χ2v) is 5.24. The fourth-order valence-corrected chi connectivity index (χ4v) is 2.22. The predicted octanol–water partition coefficient (Wildman–Crippen LogP) is 2.77. The van der Waals surface area contributed by atoms with Gasteiger partial charge >= 0.3 is 0 Å². The molecule has 0 saturated carbocycles. The molecule has 1 amide bonds. The average molecular weight is 345 g/mol. The Hall–Kier alpha value is -2.89. The van der Waals surface area contributed by atoms with Crippen molar-refractivity contribution in [2.24, 2.45) is 0 Å². The zero-order valence-electron chi connectivity index (χ0n) is 14.0. The summed E-state index contributed by atoms with van der Waals surface area (Å²) in [6, 6.07) is 11.2. The summed E-state index contributed by atoms with van der Waals surface area (Å²) >= 11 is 0. The summed E-state index contributed by atoms with van der Waals surface area (Å²) in [5, 5.41) is 2.68. The third-order valence-corrected chi connectivity index (χ3v) is 3.44. The number of carbonyl (C=O) groups is 2. The monoisotopic (exact) mass is 345 g/mol. The molecule has 1 N–H and O–H groups in total. The zero-order valence-corrected chi connectivity index (χ0v) is 14.0. The van der Waals surface area contributed by atoms with Gasteiger partial charge in [0.05, 0.1) is 6.61 Å². The number of aldehydes is 1. The lowest BCUT2D eigenvalue weighted by atomic mass is 10.1. The van der Waals surface area contributed by atoms with Crippen LogP contribution in [-0.2, 0) is 11.2 Å². The first-order chi connectivity index (χ1) is 12.1. The molecule has 25 heavy (non-hydrogen) atoms. The van der Waals surface area contributed by atoms with Crippen LogP contribution < -0.4 is 14.8 Å². The normalized spacial score (nSPS) is 10.2. The molecule has 2 rings (SSSR count). The summed E-state index contributed by atoms with van der Waals surface area (Å²) in [4.78, 5) is 22.7. The summed E-state index contributed by atoms with van der Waals surface area (Å²) < 4.78 is 24.3. The molecule has 0 aromatic heterocycles. The quantitative estimate of drug-likeness (QED) is 0.710. The molecule has 2 aromatic carbocycles. The predicted molar refractivity (Wildman–Crippen MR) is 91.6 cm³/mol. The van der Waals surface area contributed by atoms with Gasteiger partial charge in [0.15, 0.2) is 18.1 Å². The minimum atomic E-state index is -0.321. The zero-order chi connectivity index (χ0) is 18.1. The van der Waals surface area contributed by atoms with E-state index in [4.69, 9.17) is 9.47 Å². The molecule has 6 heteroatoms. The van der Waals surface area contributed by atoms with E-state index >= 15 is 0 Å². The van der Waals surface area contributed by atoms with Gasteiger partial charge in [-0.25, -0.2) is 4.39 Å². The standard InChI is InChI=1S/C19H20FNO4/c1-2-24-18-11-14(12-22)7-8-17(18)25-13-19(23)21-10-9-15-5-3-4-6-16(15)20/h3-8,11-12H,2,9-10,13H2,1H3,(H,21,23). The van der Waals surface area contributed by atoms with Crippen LogP contribution in [0.25, 0.3) is 0 Å². The Balaban J connectivity index is 1.83. The van der Waals surface area contributed by atoms with Gasteiger partial charge < -0.3 is 14.8 Å². The van der Waals surface area contributed by atoms with Gasteiger partial charge in [0.25, 0.3) is 5.91 Å². The van der Waals surface area contributed by atoms with Crippen molar-refractivity contribution in [3.05, 3.63) is 59.4 Å². The Morgan fingerprint density at radius 3 is 2.68 bits per heavy atom. The van der Waals surface area contributed by atoms with Crippen LogP contribution in [0.1, 0.15) is 22.8 Å². The number of carbonyl (C=O) groups excluding carboxylic acids is 2. The summed E-state index contributed by atoms with van der Waals surface area (Å²) in [5.41, 5.74) is 1.01. The molecule has 2 aromatic rings.